The summed E-state index contributed by atoms with van der Waals surface area (Å²) < 4.78 is 5.30. The molecule has 1 atom stereocenters. The van der Waals surface area contributed by atoms with Crippen LogP contribution in [-0.2, 0) is 16.1 Å². The van der Waals surface area contributed by atoms with E-state index in [1.807, 2.05) is 24.3 Å². The summed E-state index contributed by atoms with van der Waals surface area (Å²) >= 11 is 0. The number of carbonyl (C=O) groups excluding carboxylic acids is 3. The van der Waals surface area contributed by atoms with Crippen LogP contribution in [0.15, 0.2) is 48.5 Å². The lowest BCUT2D eigenvalue weighted by atomic mass is 9.99. The number of para-hydroxylation sites is 2. The molecule has 172 valence electrons. The van der Waals surface area contributed by atoms with Gasteiger partial charge in [0.2, 0.25) is 0 Å². The van der Waals surface area contributed by atoms with Crippen molar-refractivity contribution in [1.29, 1.82) is 0 Å². The summed E-state index contributed by atoms with van der Waals surface area (Å²) in [6.45, 7) is 4.93. The second-order valence-electron chi connectivity index (χ2n) is 7.62. The largest absolute Gasteiger partial charge is 0.496 e. The second-order valence-corrected chi connectivity index (χ2v) is 7.62. The quantitative estimate of drug-likeness (QED) is 0.463. The fourth-order valence-electron chi connectivity index (χ4n) is 3.35. The Hall–Kier alpha value is -3.35. The molecule has 0 aliphatic carbocycles. The zero-order valence-electron chi connectivity index (χ0n) is 19.1. The maximum Gasteiger partial charge on any atom is 0.313 e. The molecule has 7 nitrogen and oxygen atoms in total. The number of amides is 3. The number of hydrogen-bond acceptors (Lipinski definition) is 4. The van der Waals surface area contributed by atoms with Crippen LogP contribution >= 0.6 is 0 Å². The lowest BCUT2D eigenvalue weighted by Gasteiger charge is -2.15. The third-order valence-corrected chi connectivity index (χ3v) is 5.35. The van der Waals surface area contributed by atoms with Crippen molar-refractivity contribution in [3.8, 4) is 5.75 Å². The van der Waals surface area contributed by atoms with E-state index in [1.165, 1.54) is 0 Å². The SMILES string of the molecule is CCCC[C@H](CC)CNC(=O)C(=O)Nc1ccccc1C(=O)NCc1ccccc1OC. The van der Waals surface area contributed by atoms with Crippen LogP contribution < -0.4 is 20.7 Å². The van der Waals surface area contributed by atoms with E-state index in [0.717, 1.165) is 31.2 Å². The van der Waals surface area contributed by atoms with Gasteiger partial charge in [0.1, 0.15) is 5.75 Å². The van der Waals surface area contributed by atoms with Gasteiger partial charge < -0.3 is 20.7 Å². The highest BCUT2D eigenvalue weighted by molar-refractivity contribution is 6.40. The molecule has 3 N–H and O–H groups in total. The van der Waals surface area contributed by atoms with Gasteiger partial charge in [-0.15, -0.1) is 0 Å². The Morgan fingerprint density at radius 2 is 1.66 bits per heavy atom. The van der Waals surface area contributed by atoms with Crippen LogP contribution in [0.5, 0.6) is 5.75 Å². The number of anilines is 1. The van der Waals surface area contributed by atoms with Gasteiger partial charge in [0.05, 0.1) is 18.4 Å². The Morgan fingerprint density at radius 1 is 0.938 bits per heavy atom. The van der Waals surface area contributed by atoms with E-state index >= 15 is 0 Å². The second kappa shape index (κ2) is 13.1. The highest BCUT2D eigenvalue weighted by Crippen LogP contribution is 2.19. The molecular weight excluding hydrogens is 406 g/mol. The number of unbranched alkanes of at least 4 members (excludes halogenated alkanes) is 1. The smallest absolute Gasteiger partial charge is 0.313 e. The van der Waals surface area contributed by atoms with Gasteiger partial charge >= 0.3 is 11.8 Å². The van der Waals surface area contributed by atoms with Gasteiger partial charge in [0.15, 0.2) is 0 Å². The maximum atomic E-state index is 12.7. The van der Waals surface area contributed by atoms with Gasteiger partial charge in [-0.3, -0.25) is 14.4 Å². The predicted molar refractivity (Wildman–Crippen MR) is 126 cm³/mol. The normalized spacial score (nSPS) is 11.3. The van der Waals surface area contributed by atoms with Gasteiger partial charge in [-0.2, -0.15) is 0 Å². The molecule has 0 spiro atoms. The molecule has 0 saturated carbocycles. The third kappa shape index (κ3) is 7.41. The number of methoxy groups -OCH3 is 1. The third-order valence-electron chi connectivity index (χ3n) is 5.35. The van der Waals surface area contributed by atoms with Crippen molar-refractivity contribution in [2.45, 2.75) is 46.1 Å². The van der Waals surface area contributed by atoms with E-state index in [0.29, 0.717) is 18.2 Å². The molecule has 0 bridgehead atoms. The standard InChI is InChI=1S/C25H33N3O4/c1-4-6-11-18(5-2)16-26-24(30)25(31)28-21-14-9-8-13-20(21)23(29)27-17-19-12-7-10-15-22(19)32-3/h7-10,12-15,18H,4-6,11,16-17H2,1-3H3,(H,26,30)(H,27,29)(H,28,31)/t18-/m0/s1. The van der Waals surface area contributed by atoms with Crippen molar-refractivity contribution >= 4 is 23.4 Å². The number of carbonyl (C=O) groups is 3. The van der Waals surface area contributed by atoms with E-state index in [1.54, 1.807) is 31.4 Å². The molecule has 7 heteroatoms. The summed E-state index contributed by atoms with van der Waals surface area (Å²) in [6.07, 6.45) is 4.15. The van der Waals surface area contributed by atoms with E-state index in [9.17, 15) is 14.4 Å². The summed E-state index contributed by atoms with van der Waals surface area (Å²) in [5.41, 5.74) is 1.39. The topological polar surface area (TPSA) is 96.5 Å². The van der Waals surface area contributed by atoms with E-state index in [4.69, 9.17) is 4.74 Å². The number of hydrogen-bond donors (Lipinski definition) is 3. The molecule has 2 rings (SSSR count). The molecule has 0 fully saturated rings. The first-order valence-corrected chi connectivity index (χ1v) is 11.1. The van der Waals surface area contributed by atoms with Crippen molar-refractivity contribution in [3.05, 3.63) is 59.7 Å². The molecule has 0 aromatic heterocycles. The number of ether oxygens (including phenoxy) is 1. The highest BCUT2D eigenvalue weighted by atomic mass is 16.5. The minimum Gasteiger partial charge on any atom is -0.496 e. The molecule has 0 radical (unpaired) electrons. The zero-order chi connectivity index (χ0) is 23.3. The zero-order valence-corrected chi connectivity index (χ0v) is 19.1. The minimum absolute atomic E-state index is 0.266. The van der Waals surface area contributed by atoms with E-state index < -0.39 is 11.8 Å². The molecule has 0 aliphatic heterocycles. The Balaban J connectivity index is 1.97. The van der Waals surface area contributed by atoms with Gasteiger partial charge in [0.25, 0.3) is 5.91 Å². The molecular formula is C25H33N3O4. The van der Waals surface area contributed by atoms with Crippen molar-refractivity contribution in [2.24, 2.45) is 5.92 Å². The van der Waals surface area contributed by atoms with Crippen LogP contribution in [0.4, 0.5) is 5.69 Å². The van der Waals surface area contributed by atoms with E-state index in [2.05, 4.69) is 29.8 Å². The highest BCUT2D eigenvalue weighted by Gasteiger charge is 2.19. The number of rotatable bonds is 11. The predicted octanol–water partition coefficient (Wildman–Crippen LogP) is 3.90. The number of nitrogens with one attached hydrogen (secondary N) is 3. The fraction of sp³-hybridized carbons (Fsp3) is 0.400. The van der Waals surface area contributed by atoms with Crippen LogP contribution in [0.25, 0.3) is 0 Å². The van der Waals surface area contributed by atoms with Gasteiger partial charge in [-0.1, -0.05) is 63.4 Å². The van der Waals surface area contributed by atoms with Crippen LogP contribution in [0.3, 0.4) is 0 Å². The van der Waals surface area contributed by atoms with Gasteiger partial charge in [0, 0.05) is 18.7 Å². The summed E-state index contributed by atoms with van der Waals surface area (Å²) in [5, 5.41) is 8.09. The fourth-order valence-corrected chi connectivity index (χ4v) is 3.35. The average Bonchev–Trinajstić information content (AvgIpc) is 2.82. The number of benzene rings is 2. The monoisotopic (exact) mass is 439 g/mol. The lowest BCUT2D eigenvalue weighted by molar-refractivity contribution is -0.136. The molecule has 2 aromatic rings. The summed E-state index contributed by atoms with van der Waals surface area (Å²) in [4.78, 5) is 37.4. The molecule has 32 heavy (non-hydrogen) atoms. The molecule has 3 amide bonds. The van der Waals surface area contributed by atoms with Crippen molar-refractivity contribution < 1.29 is 19.1 Å². The van der Waals surface area contributed by atoms with Crippen LogP contribution in [0.2, 0.25) is 0 Å². The van der Waals surface area contributed by atoms with Gasteiger partial charge in [-0.25, -0.2) is 0 Å². The van der Waals surface area contributed by atoms with Crippen LogP contribution in [0, 0.1) is 5.92 Å². The first-order chi connectivity index (χ1) is 15.5. The Labute approximate surface area is 189 Å². The minimum atomic E-state index is -0.791. The Bertz CT molecular complexity index is 914. The average molecular weight is 440 g/mol. The molecule has 0 saturated heterocycles. The lowest BCUT2D eigenvalue weighted by Crippen LogP contribution is -2.38. The summed E-state index contributed by atoms with van der Waals surface area (Å²) in [6, 6.07) is 14.0. The summed E-state index contributed by atoms with van der Waals surface area (Å²) in [7, 11) is 1.57. The Morgan fingerprint density at radius 3 is 2.38 bits per heavy atom. The van der Waals surface area contributed by atoms with Crippen molar-refractivity contribution in [2.75, 3.05) is 19.0 Å². The maximum absolute atomic E-state index is 12.7. The first-order valence-electron chi connectivity index (χ1n) is 11.1. The molecule has 0 heterocycles. The van der Waals surface area contributed by atoms with Crippen molar-refractivity contribution in [3.63, 3.8) is 0 Å². The summed E-state index contributed by atoms with van der Waals surface area (Å²) in [5.74, 6) is -0.836. The van der Waals surface area contributed by atoms with Crippen LogP contribution in [-0.4, -0.2) is 31.4 Å². The molecule has 0 aliphatic rings. The Kier molecular flexibility index (Phi) is 10.2. The first kappa shape index (κ1) is 24.9. The van der Waals surface area contributed by atoms with Gasteiger partial charge in [-0.05, 0) is 30.5 Å². The van der Waals surface area contributed by atoms with Crippen LogP contribution in [0.1, 0.15) is 55.5 Å². The molecule has 0 unspecified atom stereocenters. The molecule has 2 aromatic carbocycles. The van der Waals surface area contributed by atoms with E-state index in [-0.39, 0.29) is 23.7 Å². The van der Waals surface area contributed by atoms with Crippen molar-refractivity contribution in [1.82, 2.24) is 10.6 Å².